The molecule has 0 spiro atoms. The summed E-state index contributed by atoms with van der Waals surface area (Å²) in [7, 11) is -3.46. The van der Waals surface area contributed by atoms with Crippen molar-refractivity contribution >= 4 is 27.3 Å². The van der Waals surface area contributed by atoms with Gasteiger partial charge in [-0.25, -0.2) is 8.42 Å². The van der Waals surface area contributed by atoms with Gasteiger partial charge in [0.2, 0.25) is 5.91 Å². The van der Waals surface area contributed by atoms with Gasteiger partial charge in [0, 0.05) is 43.0 Å². The zero-order valence-corrected chi connectivity index (χ0v) is 17.0. The van der Waals surface area contributed by atoms with Crippen molar-refractivity contribution in [2.45, 2.75) is 56.8 Å². The number of sulfonamides is 1. The number of carbonyl (C=O) groups is 1. The summed E-state index contributed by atoms with van der Waals surface area (Å²) in [5.74, 6) is 0.380. The average molecular weight is 388 g/mol. The van der Waals surface area contributed by atoms with E-state index in [2.05, 4.69) is 10.6 Å². The van der Waals surface area contributed by atoms with Crippen LogP contribution in [0.3, 0.4) is 0 Å². The molecule has 2 N–H and O–H groups in total. The van der Waals surface area contributed by atoms with E-state index in [-0.39, 0.29) is 18.0 Å². The first kappa shape index (κ1) is 20.4. The van der Waals surface area contributed by atoms with Crippen LogP contribution < -0.4 is 10.6 Å². The van der Waals surface area contributed by atoms with E-state index in [4.69, 9.17) is 0 Å². The first-order valence-electron chi connectivity index (χ1n) is 8.82. The van der Waals surface area contributed by atoms with Crippen molar-refractivity contribution in [3.05, 3.63) is 17.0 Å². The van der Waals surface area contributed by atoms with Crippen LogP contribution in [0, 0.1) is 5.92 Å². The Morgan fingerprint density at radius 1 is 1.40 bits per heavy atom. The van der Waals surface area contributed by atoms with Crippen LogP contribution in [0.15, 0.2) is 16.3 Å². The number of nitrogens with zero attached hydrogens (tertiary/aromatic N) is 1. The summed E-state index contributed by atoms with van der Waals surface area (Å²) in [6.07, 6.45) is 1.17. The molecule has 0 aliphatic carbocycles. The molecule has 1 amide bonds. The topological polar surface area (TPSA) is 78.5 Å². The highest BCUT2D eigenvalue weighted by molar-refractivity contribution is 7.91. The third kappa shape index (κ3) is 5.26. The van der Waals surface area contributed by atoms with Gasteiger partial charge in [0.25, 0.3) is 10.0 Å². The van der Waals surface area contributed by atoms with E-state index in [0.29, 0.717) is 42.6 Å². The summed E-state index contributed by atoms with van der Waals surface area (Å²) in [5.41, 5.74) is 0. The second kappa shape index (κ2) is 8.62. The third-order valence-corrected chi connectivity index (χ3v) is 8.06. The van der Waals surface area contributed by atoms with Crippen molar-refractivity contribution in [1.82, 2.24) is 14.9 Å². The minimum Gasteiger partial charge on any atom is -0.356 e. The molecule has 0 aromatic carbocycles. The zero-order chi connectivity index (χ0) is 18.6. The minimum absolute atomic E-state index is 0.0445. The molecule has 142 valence electrons. The minimum atomic E-state index is -3.46. The smallest absolute Gasteiger partial charge is 0.252 e. The highest BCUT2D eigenvalue weighted by Crippen LogP contribution is 2.27. The summed E-state index contributed by atoms with van der Waals surface area (Å²) in [5, 5.41) is 6.19. The van der Waals surface area contributed by atoms with E-state index in [1.165, 1.54) is 11.3 Å². The Labute approximate surface area is 155 Å². The van der Waals surface area contributed by atoms with Crippen molar-refractivity contribution < 1.29 is 13.2 Å². The molecular formula is C17H29N3O3S2. The van der Waals surface area contributed by atoms with E-state index in [9.17, 15) is 13.2 Å². The first-order chi connectivity index (χ1) is 11.7. The molecule has 6 nitrogen and oxygen atoms in total. The molecule has 2 atom stereocenters. The molecule has 2 unspecified atom stereocenters. The Kier molecular flexibility index (Phi) is 7.01. The highest BCUT2D eigenvalue weighted by atomic mass is 32.2. The lowest BCUT2D eigenvalue weighted by Crippen LogP contribution is -2.56. The van der Waals surface area contributed by atoms with Gasteiger partial charge >= 0.3 is 0 Å². The van der Waals surface area contributed by atoms with Gasteiger partial charge < -0.3 is 10.6 Å². The van der Waals surface area contributed by atoms with Crippen molar-refractivity contribution in [2.75, 3.05) is 19.6 Å². The number of carbonyl (C=O) groups excluding carboxylic acids is 1. The molecule has 1 aromatic rings. The zero-order valence-electron chi connectivity index (χ0n) is 15.4. The largest absolute Gasteiger partial charge is 0.356 e. The molecule has 0 radical (unpaired) electrons. The third-order valence-electron chi connectivity index (χ3n) is 4.46. The molecular weight excluding hydrogens is 358 g/mol. The summed E-state index contributed by atoms with van der Waals surface area (Å²) in [6.45, 7) is 9.66. The number of hydrogen-bond acceptors (Lipinski definition) is 5. The van der Waals surface area contributed by atoms with Crippen LogP contribution in [0.5, 0.6) is 0 Å². The van der Waals surface area contributed by atoms with Gasteiger partial charge in [0.15, 0.2) is 0 Å². The van der Waals surface area contributed by atoms with E-state index in [1.807, 2.05) is 33.8 Å². The van der Waals surface area contributed by atoms with Crippen molar-refractivity contribution in [3.63, 3.8) is 0 Å². The fourth-order valence-electron chi connectivity index (χ4n) is 2.88. The summed E-state index contributed by atoms with van der Waals surface area (Å²) in [4.78, 5) is 12.6. The SMILES string of the molecule is CC(C)CC(=O)NCCc1ccc(S(=O)(=O)N2CCNC(C)C2C)s1. The lowest BCUT2D eigenvalue weighted by molar-refractivity contribution is -0.121. The van der Waals surface area contributed by atoms with Crippen LogP contribution in [0.2, 0.25) is 0 Å². The first-order valence-corrected chi connectivity index (χ1v) is 11.1. The number of thiophene rings is 1. The van der Waals surface area contributed by atoms with Crippen molar-refractivity contribution in [1.29, 1.82) is 0 Å². The molecule has 1 aliphatic rings. The van der Waals surface area contributed by atoms with Crippen LogP contribution in [-0.2, 0) is 21.2 Å². The number of amides is 1. The lowest BCUT2D eigenvalue weighted by atomic mass is 10.1. The molecule has 1 aliphatic heterocycles. The van der Waals surface area contributed by atoms with E-state index in [0.717, 1.165) is 4.88 Å². The predicted molar refractivity (Wildman–Crippen MR) is 101 cm³/mol. The maximum absolute atomic E-state index is 12.9. The Hall–Kier alpha value is -0.960. The molecule has 8 heteroatoms. The van der Waals surface area contributed by atoms with Gasteiger partial charge in [0.05, 0.1) is 0 Å². The monoisotopic (exact) mass is 387 g/mol. The summed E-state index contributed by atoms with van der Waals surface area (Å²) in [6, 6.07) is 3.60. The molecule has 1 aromatic heterocycles. The van der Waals surface area contributed by atoms with Crippen LogP contribution in [0.4, 0.5) is 0 Å². The van der Waals surface area contributed by atoms with E-state index in [1.54, 1.807) is 10.4 Å². The Bertz CT molecular complexity index is 685. The van der Waals surface area contributed by atoms with E-state index < -0.39 is 10.0 Å². The fraction of sp³-hybridized carbons (Fsp3) is 0.706. The van der Waals surface area contributed by atoms with E-state index >= 15 is 0 Å². The molecule has 2 rings (SSSR count). The summed E-state index contributed by atoms with van der Waals surface area (Å²) < 4.78 is 27.8. The molecule has 1 saturated heterocycles. The number of piperazine rings is 1. The van der Waals surface area contributed by atoms with Gasteiger partial charge in [0.1, 0.15) is 4.21 Å². The predicted octanol–water partition coefficient (Wildman–Crippen LogP) is 1.82. The molecule has 1 fully saturated rings. The standard InChI is InChI=1S/C17H29N3O3S2/c1-12(2)11-16(21)19-8-7-15-5-6-17(24-15)25(22,23)20-10-9-18-13(3)14(20)4/h5-6,12-14,18H,7-11H2,1-4H3,(H,19,21). The van der Waals surface area contributed by atoms with Crippen LogP contribution in [0.1, 0.15) is 39.0 Å². The van der Waals surface area contributed by atoms with Gasteiger partial charge in [-0.1, -0.05) is 13.8 Å². The lowest BCUT2D eigenvalue weighted by Gasteiger charge is -2.37. The molecule has 2 heterocycles. The Morgan fingerprint density at radius 2 is 2.12 bits per heavy atom. The fourth-order valence-corrected chi connectivity index (χ4v) is 6.07. The van der Waals surface area contributed by atoms with Crippen LogP contribution >= 0.6 is 11.3 Å². The molecule has 0 saturated carbocycles. The number of rotatable bonds is 7. The van der Waals surface area contributed by atoms with Crippen molar-refractivity contribution in [3.8, 4) is 0 Å². The number of nitrogens with one attached hydrogen (secondary N) is 2. The maximum atomic E-state index is 12.9. The van der Waals surface area contributed by atoms with Gasteiger partial charge in [-0.3, -0.25) is 4.79 Å². The quantitative estimate of drug-likeness (QED) is 0.748. The maximum Gasteiger partial charge on any atom is 0.252 e. The van der Waals surface area contributed by atoms with Gasteiger partial charge in [-0.15, -0.1) is 11.3 Å². The highest BCUT2D eigenvalue weighted by Gasteiger charge is 2.35. The second-order valence-electron chi connectivity index (χ2n) is 7.02. The van der Waals surface area contributed by atoms with Crippen molar-refractivity contribution in [2.24, 2.45) is 5.92 Å². The Balaban J connectivity index is 1.96. The van der Waals surface area contributed by atoms with Crippen LogP contribution in [-0.4, -0.2) is 50.3 Å². The van der Waals surface area contributed by atoms with Gasteiger partial charge in [-0.05, 0) is 38.3 Å². The molecule has 25 heavy (non-hydrogen) atoms. The summed E-state index contributed by atoms with van der Waals surface area (Å²) >= 11 is 1.30. The molecule has 0 bridgehead atoms. The normalized spacial score (nSPS) is 22.3. The average Bonchev–Trinajstić information content (AvgIpc) is 2.98. The Morgan fingerprint density at radius 3 is 2.80 bits per heavy atom. The van der Waals surface area contributed by atoms with Gasteiger partial charge in [-0.2, -0.15) is 4.31 Å². The van der Waals surface area contributed by atoms with Crippen LogP contribution in [0.25, 0.3) is 0 Å². The second-order valence-corrected chi connectivity index (χ2v) is 10.3. The number of hydrogen-bond donors (Lipinski definition) is 2.